The average Bonchev–Trinajstić information content (AvgIpc) is 2.17. The first-order valence-electron chi connectivity index (χ1n) is 3.95. The predicted octanol–water partition coefficient (Wildman–Crippen LogP) is 0.661. The number of nitrogens with zero attached hydrogens (tertiary/aromatic N) is 2. The van der Waals surface area contributed by atoms with Gasteiger partial charge < -0.3 is 5.73 Å². The molecule has 1 aromatic rings. The van der Waals surface area contributed by atoms with E-state index in [9.17, 15) is 4.79 Å². The van der Waals surface area contributed by atoms with Crippen molar-refractivity contribution in [3.63, 3.8) is 0 Å². The number of halogens is 3. The zero-order valence-corrected chi connectivity index (χ0v) is 10.6. The van der Waals surface area contributed by atoms with Gasteiger partial charge in [-0.15, -0.1) is 37.2 Å². The van der Waals surface area contributed by atoms with E-state index in [2.05, 4.69) is 4.99 Å². The van der Waals surface area contributed by atoms with Crippen LogP contribution < -0.4 is 16.3 Å². The molecular weight excluding hydrogens is 272 g/mol. The summed E-state index contributed by atoms with van der Waals surface area (Å²) >= 11 is 0. The number of urea groups is 1. The lowest BCUT2D eigenvalue weighted by molar-refractivity contribution is 0.229. The molecule has 1 heterocycles. The highest BCUT2D eigenvalue weighted by molar-refractivity contribution is 5.86. The summed E-state index contributed by atoms with van der Waals surface area (Å²) in [5.41, 5.74) is 5.12. The Kier molecular flexibility index (Phi) is 7.98. The topological polar surface area (TPSA) is 58.7 Å². The smallest absolute Gasteiger partial charge is 0.320 e. The predicted molar refractivity (Wildman–Crippen MR) is 69.7 cm³/mol. The van der Waals surface area contributed by atoms with Gasteiger partial charge in [0.1, 0.15) is 6.67 Å². The molecular formula is C9H12Cl3N3O. The van der Waals surface area contributed by atoms with Gasteiger partial charge in [-0.2, -0.15) is 0 Å². The molecule has 2 rings (SSSR count). The minimum Gasteiger partial charge on any atom is -0.351 e. The van der Waals surface area contributed by atoms with Crippen LogP contribution in [0, 0.1) is 0 Å². The maximum atomic E-state index is 10.8. The second kappa shape index (κ2) is 7.33. The Labute approximate surface area is 111 Å². The molecule has 1 aromatic carbocycles. The molecule has 0 unspecified atom stereocenters. The van der Waals surface area contributed by atoms with Crippen molar-refractivity contribution in [3.8, 4) is 0 Å². The Morgan fingerprint density at radius 2 is 1.88 bits per heavy atom. The summed E-state index contributed by atoms with van der Waals surface area (Å²) in [6.07, 6.45) is 1.71. The Morgan fingerprint density at radius 3 is 2.50 bits per heavy atom. The van der Waals surface area contributed by atoms with Gasteiger partial charge in [0, 0.05) is 11.4 Å². The molecule has 0 aromatic heterocycles. The van der Waals surface area contributed by atoms with Crippen molar-refractivity contribution >= 4 is 49.5 Å². The Morgan fingerprint density at radius 1 is 1.25 bits per heavy atom. The number of benzene rings is 1. The van der Waals surface area contributed by atoms with Crippen molar-refractivity contribution in [2.24, 2.45) is 10.7 Å². The number of para-hydroxylation sites is 1. The first kappa shape index (κ1) is 17.4. The third-order valence-corrected chi connectivity index (χ3v) is 1.91. The number of primary amides is 1. The van der Waals surface area contributed by atoms with Crippen molar-refractivity contribution in [1.29, 1.82) is 0 Å². The van der Waals surface area contributed by atoms with Crippen molar-refractivity contribution in [1.82, 2.24) is 4.90 Å². The van der Waals surface area contributed by atoms with Crippen LogP contribution in [-0.2, 0) is 0 Å². The van der Waals surface area contributed by atoms with Gasteiger partial charge >= 0.3 is 6.03 Å². The highest BCUT2D eigenvalue weighted by atomic mass is 35.5. The summed E-state index contributed by atoms with van der Waals surface area (Å²) in [6, 6.07) is 7.14. The highest BCUT2D eigenvalue weighted by Gasteiger charge is 2.07. The molecule has 1 aliphatic heterocycles. The Balaban J connectivity index is 0. The molecule has 0 spiro atoms. The number of carbonyl (C=O) groups is 1. The summed E-state index contributed by atoms with van der Waals surface area (Å²) in [5, 5.41) is 1.83. The summed E-state index contributed by atoms with van der Waals surface area (Å²) in [7, 11) is 0. The molecule has 0 radical (unpaired) electrons. The molecule has 0 atom stereocenters. The zero-order chi connectivity index (χ0) is 9.26. The molecule has 0 bridgehead atoms. The summed E-state index contributed by atoms with van der Waals surface area (Å²) in [5.74, 6) is 0. The number of carbonyl (C=O) groups excluding carboxylic acids is 1. The van der Waals surface area contributed by atoms with E-state index in [4.69, 9.17) is 5.73 Å². The third-order valence-electron chi connectivity index (χ3n) is 1.91. The van der Waals surface area contributed by atoms with Crippen molar-refractivity contribution < 1.29 is 4.79 Å². The molecule has 4 nitrogen and oxygen atoms in total. The van der Waals surface area contributed by atoms with Gasteiger partial charge in [-0.25, -0.2) is 4.79 Å². The van der Waals surface area contributed by atoms with Crippen molar-refractivity contribution in [3.05, 3.63) is 34.8 Å². The number of fused-ring (bicyclic) bond motifs is 1. The molecule has 2 amide bonds. The molecule has 0 saturated heterocycles. The fourth-order valence-electron chi connectivity index (χ4n) is 1.24. The lowest BCUT2D eigenvalue weighted by Crippen LogP contribution is -2.40. The van der Waals surface area contributed by atoms with Gasteiger partial charge in [0.25, 0.3) is 0 Å². The van der Waals surface area contributed by atoms with Crippen LogP contribution in [0.15, 0.2) is 29.3 Å². The maximum absolute atomic E-state index is 10.8. The van der Waals surface area contributed by atoms with Crippen LogP contribution in [0.1, 0.15) is 0 Å². The van der Waals surface area contributed by atoms with Crippen LogP contribution in [0.25, 0.3) is 6.20 Å². The van der Waals surface area contributed by atoms with Crippen LogP contribution in [0.2, 0.25) is 0 Å². The molecule has 1 aliphatic rings. The summed E-state index contributed by atoms with van der Waals surface area (Å²) < 4.78 is 0. The Bertz CT molecular complexity index is 463. The standard InChI is InChI=1S/C9H9N3O.3ClH/c10-9(13)12-5-7-3-1-2-4-8(7)11-6-12;;;/h1-5H,6H2,(H2,10,13);3*1H. The fraction of sp³-hybridized carbons (Fsp3) is 0.111. The number of hydrogen-bond acceptors (Lipinski definition) is 2. The number of rotatable bonds is 0. The van der Waals surface area contributed by atoms with Crippen molar-refractivity contribution in [2.45, 2.75) is 0 Å². The SMILES string of the molecule is Cl.Cl.Cl.NC(=O)N1C=c2ccccc2=NC1. The lowest BCUT2D eigenvalue weighted by Gasteiger charge is -2.15. The second-order valence-corrected chi connectivity index (χ2v) is 2.80. The third kappa shape index (κ3) is 3.56. The van der Waals surface area contributed by atoms with Gasteiger partial charge in [0.2, 0.25) is 0 Å². The second-order valence-electron chi connectivity index (χ2n) is 2.80. The minimum absolute atomic E-state index is 0. The van der Waals surface area contributed by atoms with E-state index in [-0.39, 0.29) is 37.2 Å². The quantitative estimate of drug-likeness (QED) is 0.747. The van der Waals surface area contributed by atoms with Gasteiger partial charge in [-0.1, -0.05) is 18.2 Å². The van der Waals surface area contributed by atoms with Crippen LogP contribution in [0.4, 0.5) is 4.79 Å². The van der Waals surface area contributed by atoms with Crippen LogP contribution in [0.3, 0.4) is 0 Å². The normalized spacial score (nSPS) is 11.4. The van der Waals surface area contributed by atoms with Crippen LogP contribution in [0.5, 0.6) is 0 Å². The first-order valence-corrected chi connectivity index (χ1v) is 3.95. The van der Waals surface area contributed by atoms with E-state index >= 15 is 0 Å². The monoisotopic (exact) mass is 283 g/mol. The number of amides is 2. The number of hydrogen-bond donors (Lipinski definition) is 1. The van der Waals surface area contributed by atoms with Crippen LogP contribution >= 0.6 is 37.2 Å². The number of nitrogens with two attached hydrogens (primary N) is 1. The molecule has 2 N–H and O–H groups in total. The first-order chi connectivity index (χ1) is 6.27. The van der Waals surface area contributed by atoms with Gasteiger partial charge in [0.15, 0.2) is 0 Å². The average molecular weight is 285 g/mol. The largest absolute Gasteiger partial charge is 0.351 e. The molecule has 0 fully saturated rings. The van der Waals surface area contributed by atoms with Crippen molar-refractivity contribution in [2.75, 3.05) is 6.67 Å². The highest BCUT2D eigenvalue weighted by Crippen LogP contribution is 1.91. The van der Waals surface area contributed by atoms with Gasteiger partial charge in [-0.3, -0.25) is 9.89 Å². The molecule has 0 aliphatic carbocycles. The molecule has 90 valence electrons. The Hall–Kier alpha value is -0.970. The summed E-state index contributed by atoms with van der Waals surface area (Å²) in [6.45, 7) is 0.312. The summed E-state index contributed by atoms with van der Waals surface area (Å²) in [4.78, 5) is 16.4. The van der Waals surface area contributed by atoms with E-state index in [0.717, 1.165) is 10.6 Å². The fourth-order valence-corrected chi connectivity index (χ4v) is 1.24. The minimum atomic E-state index is -0.474. The molecule has 0 saturated carbocycles. The van der Waals surface area contributed by atoms with E-state index in [0.29, 0.717) is 6.67 Å². The van der Waals surface area contributed by atoms with E-state index in [1.807, 2.05) is 24.3 Å². The van der Waals surface area contributed by atoms with E-state index in [1.165, 1.54) is 4.90 Å². The van der Waals surface area contributed by atoms with Crippen LogP contribution in [-0.4, -0.2) is 17.6 Å². The maximum Gasteiger partial charge on any atom is 0.320 e. The van der Waals surface area contributed by atoms with E-state index < -0.39 is 6.03 Å². The van der Waals surface area contributed by atoms with Gasteiger partial charge in [-0.05, 0) is 6.07 Å². The molecule has 7 heteroatoms. The molecule has 16 heavy (non-hydrogen) atoms. The van der Waals surface area contributed by atoms with E-state index in [1.54, 1.807) is 6.20 Å². The van der Waals surface area contributed by atoms with Gasteiger partial charge in [0.05, 0.1) is 5.36 Å². The lowest BCUT2D eigenvalue weighted by atomic mass is 10.3. The zero-order valence-electron chi connectivity index (χ0n) is 8.20.